The zero-order valence-corrected chi connectivity index (χ0v) is 11.0. The number of nitrogens with zero attached hydrogens (tertiary/aromatic N) is 3. The predicted octanol–water partition coefficient (Wildman–Crippen LogP) is 1.81. The van der Waals surface area contributed by atoms with Gasteiger partial charge in [0.05, 0.1) is 11.5 Å². The molecule has 0 unspecified atom stereocenters. The summed E-state index contributed by atoms with van der Waals surface area (Å²) in [5.41, 5.74) is 6.24. The van der Waals surface area contributed by atoms with E-state index < -0.39 is 4.92 Å². The molecule has 0 bridgehead atoms. The molecular weight excluding hydrogens is 258 g/mol. The van der Waals surface area contributed by atoms with Crippen molar-refractivity contribution in [3.63, 3.8) is 0 Å². The highest BCUT2D eigenvalue weighted by Crippen LogP contribution is 2.27. The van der Waals surface area contributed by atoms with Gasteiger partial charge in [0, 0.05) is 18.5 Å². The van der Waals surface area contributed by atoms with Crippen LogP contribution in [0.5, 0.6) is 0 Å². The predicted molar refractivity (Wildman–Crippen MR) is 77.6 cm³/mol. The Morgan fingerprint density at radius 1 is 1.65 bits per heavy atom. The minimum atomic E-state index is -0.584. The Kier molecular flexibility index (Phi) is 5.72. The fourth-order valence-electron chi connectivity index (χ4n) is 1.48. The maximum absolute atomic E-state index is 11.0. The molecule has 0 saturated heterocycles. The SMILES string of the molecule is CCN=CC=C(N)CNc1cccc(C#N)c1[N+](=O)[O-]. The van der Waals surface area contributed by atoms with Crippen LogP contribution in [-0.4, -0.2) is 24.2 Å². The number of nitrogens with two attached hydrogens (primary N) is 1. The quantitative estimate of drug-likeness (QED) is 0.465. The van der Waals surface area contributed by atoms with Crippen LogP contribution < -0.4 is 11.1 Å². The van der Waals surface area contributed by atoms with E-state index in [2.05, 4.69) is 10.3 Å². The third kappa shape index (κ3) is 4.10. The van der Waals surface area contributed by atoms with Gasteiger partial charge in [-0.05, 0) is 25.1 Å². The summed E-state index contributed by atoms with van der Waals surface area (Å²) in [6.07, 6.45) is 3.20. The van der Waals surface area contributed by atoms with Crippen LogP contribution in [0.1, 0.15) is 12.5 Å². The molecule has 0 atom stereocenters. The van der Waals surface area contributed by atoms with E-state index >= 15 is 0 Å². The smallest absolute Gasteiger partial charge is 0.309 e. The Bertz CT molecular complexity index is 587. The number of hydrogen-bond acceptors (Lipinski definition) is 6. The van der Waals surface area contributed by atoms with Crippen LogP contribution in [0, 0.1) is 21.4 Å². The minimum absolute atomic E-state index is 0.00935. The van der Waals surface area contributed by atoms with Crippen molar-refractivity contribution in [2.75, 3.05) is 18.4 Å². The first-order chi connectivity index (χ1) is 9.60. The fraction of sp³-hybridized carbons (Fsp3) is 0.231. The lowest BCUT2D eigenvalue weighted by molar-refractivity contribution is -0.384. The van der Waals surface area contributed by atoms with E-state index in [0.717, 1.165) is 0 Å². The molecule has 3 N–H and O–H groups in total. The number of rotatable bonds is 6. The molecule has 0 spiro atoms. The zero-order chi connectivity index (χ0) is 15.0. The summed E-state index contributed by atoms with van der Waals surface area (Å²) in [5.74, 6) is 0. The van der Waals surface area contributed by atoms with E-state index in [9.17, 15) is 10.1 Å². The lowest BCUT2D eigenvalue weighted by Gasteiger charge is -2.07. The van der Waals surface area contributed by atoms with Crippen molar-refractivity contribution in [2.24, 2.45) is 10.7 Å². The van der Waals surface area contributed by atoms with Gasteiger partial charge in [-0.15, -0.1) is 0 Å². The highest BCUT2D eigenvalue weighted by Gasteiger charge is 2.18. The molecule has 104 valence electrons. The summed E-state index contributed by atoms with van der Waals surface area (Å²) < 4.78 is 0. The van der Waals surface area contributed by atoms with Crippen LogP contribution >= 0.6 is 0 Å². The Morgan fingerprint density at radius 3 is 3.00 bits per heavy atom. The molecule has 0 radical (unpaired) electrons. The van der Waals surface area contributed by atoms with Crippen molar-refractivity contribution >= 4 is 17.6 Å². The average molecular weight is 273 g/mol. The number of allylic oxidation sites excluding steroid dienone is 1. The molecule has 0 amide bonds. The number of para-hydroxylation sites is 1. The lowest BCUT2D eigenvalue weighted by Crippen LogP contribution is -2.13. The highest BCUT2D eigenvalue weighted by molar-refractivity contribution is 5.73. The van der Waals surface area contributed by atoms with Crippen molar-refractivity contribution in [3.8, 4) is 6.07 Å². The largest absolute Gasteiger partial charge is 0.401 e. The van der Waals surface area contributed by atoms with Crippen molar-refractivity contribution in [1.82, 2.24) is 0 Å². The van der Waals surface area contributed by atoms with Crippen LogP contribution in [0.25, 0.3) is 0 Å². The van der Waals surface area contributed by atoms with Gasteiger partial charge < -0.3 is 11.1 Å². The Labute approximate surface area is 116 Å². The van der Waals surface area contributed by atoms with Gasteiger partial charge in [0.2, 0.25) is 0 Å². The molecule has 7 nitrogen and oxygen atoms in total. The standard InChI is InChI=1S/C13H15N5O2/c1-2-16-7-6-11(15)9-17-12-5-3-4-10(8-14)13(12)18(19)20/h3-7,17H,2,9,15H2,1H3. The first-order valence-electron chi connectivity index (χ1n) is 5.96. The molecule has 0 fully saturated rings. The van der Waals surface area contributed by atoms with Gasteiger partial charge in [-0.3, -0.25) is 15.1 Å². The van der Waals surface area contributed by atoms with Gasteiger partial charge in [-0.2, -0.15) is 5.26 Å². The summed E-state index contributed by atoms with van der Waals surface area (Å²) >= 11 is 0. The van der Waals surface area contributed by atoms with Gasteiger partial charge in [0.1, 0.15) is 17.3 Å². The number of hydrogen-bond donors (Lipinski definition) is 2. The third-order valence-corrected chi connectivity index (χ3v) is 2.40. The zero-order valence-electron chi connectivity index (χ0n) is 11.0. The summed E-state index contributed by atoms with van der Waals surface area (Å²) in [7, 11) is 0. The second-order valence-corrected chi connectivity index (χ2v) is 3.81. The van der Waals surface area contributed by atoms with E-state index in [1.54, 1.807) is 24.4 Å². The third-order valence-electron chi connectivity index (χ3n) is 2.40. The fourth-order valence-corrected chi connectivity index (χ4v) is 1.48. The molecule has 1 aromatic rings. The number of nitro groups is 1. The molecule has 0 aliphatic heterocycles. The van der Waals surface area contributed by atoms with Crippen LogP contribution in [0.15, 0.2) is 35.0 Å². The molecular formula is C13H15N5O2. The molecule has 0 saturated carbocycles. The van der Waals surface area contributed by atoms with Gasteiger partial charge in [0.25, 0.3) is 0 Å². The summed E-state index contributed by atoms with van der Waals surface area (Å²) in [4.78, 5) is 14.4. The van der Waals surface area contributed by atoms with Crippen molar-refractivity contribution in [1.29, 1.82) is 5.26 Å². The number of nitriles is 1. The van der Waals surface area contributed by atoms with Crippen LogP contribution in [0.3, 0.4) is 0 Å². The lowest BCUT2D eigenvalue weighted by atomic mass is 10.1. The van der Waals surface area contributed by atoms with Gasteiger partial charge in [-0.25, -0.2) is 0 Å². The topological polar surface area (TPSA) is 117 Å². The average Bonchev–Trinajstić information content (AvgIpc) is 2.44. The number of nitrogens with one attached hydrogen (secondary N) is 1. The molecule has 0 aromatic heterocycles. The normalized spacial score (nSPS) is 11.3. The van der Waals surface area contributed by atoms with Crippen LogP contribution in [-0.2, 0) is 0 Å². The van der Waals surface area contributed by atoms with E-state index in [0.29, 0.717) is 12.2 Å². The highest BCUT2D eigenvalue weighted by atomic mass is 16.6. The number of aliphatic imine (C=N–C) groups is 1. The molecule has 0 heterocycles. The molecule has 0 aliphatic rings. The number of nitro benzene ring substituents is 1. The maximum atomic E-state index is 11.0. The first kappa shape index (κ1) is 15.2. The summed E-state index contributed by atoms with van der Waals surface area (Å²) in [6, 6.07) is 6.31. The molecule has 1 aromatic carbocycles. The number of anilines is 1. The van der Waals surface area contributed by atoms with Gasteiger partial charge >= 0.3 is 5.69 Å². The first-order valence-corrected chi connectivity index (χ1v) is 5.96. The molecule has 20 heavy (non-hydrogen) atoms. The minimum Gasteiger partial charge on any atom is -0.401 e. The Hall–Kier alpha value is -2.88. The van der Waals surface area contributed by atoms with E-state index in [-0.39, 0.29) is 23.5 Å². The summed E-state index contributed by atoms with van der Waals surface area (Å²) in [5, 5.41) is 22.7. The summed E-state index contributed by atoms with van der Waals surface area (Å²) in [6.45, 7) is 2.79. The van der Waals surface area contributed by atoms with Crippen LogP contribution in [0.2, 0.25) is 0 Å². The van der Waals surface area contributed by atoms with Crippen LogP contribution in [0.4, 0.5) is 11.4 Å². The molecule has 1 rings (SSSR count). The van der Waals surface area contributed by atoms with Crippen molar-refractivity contribution in [3.05, 3.63) is 45.6 Å². The van der Waals surface area contributed by atoms with Crippen molar-refractivity contribution < 1.29 is 4.92 Å². The van der Waals surface area contributed by atoms with Crippen molar-refractivity contribution in [2.45, 2.75) is 6.92 Å². The number of benzene rings is 1. The van der Waals surface area contributed by atoms with E-state index in [1.165, 1.54) is 12.1 Å². The molecule has 7 heteroatoms. The van der Waals surface area contributed by atoms with Gasteiger partial charge in [-0.1, -0.05) is 6.07 Å². The van der Waals surface area contributed by atoms with E-state index in [4.69, 9.17) is 11.0 Å². The Balaban J connectivity index is 2.89. The second-order valence-electron chi connectivity index (χ2n) is 3.81. The monoisotopic (exact) mass is 273 g/mol. The maximum Gasteiger partial charge on any atom is 0.309 e. The van der Waals surface area contributed by atoms with E-state index in [1.807, 2.05) is 6.92 Å². The van der Waals surface area contributed by atoms with Gasteiger partial charge in [0.15, 0.2) is 0 Å². The molecule has 0 aliphatic carbocycles. The Morgan fingerprint density at radius 2 is 2.40 bits per heavy atom. The second kappa shape index (κ2) is 7.53.